The van der Waals surface area contributed by atoms with E-state index in [-0.39, 0.29) is 43.7 Å². The lowest BCUT2D eigenvalue weighted by Crippen LogP contribution is -2.42. The number of carboxylic acids is 1. The van der Waals surface area contributed by atoms with Gasteiger partial charge in [-0.1, -0.05) is 12.8 Å². The number of aliphatic hydroxyl groups excluding tert-OH is 1. The molecular formula is C14H22N2O5. The van der Waals surface area contributed by atoms with Gasteiger partial charge in [-0.15, -0.1) is 0 Å². The molecule has 7 nitrogen and oxygen atoms in total. The Balaban J connectivity index is 1.76. The highest BCUT2D eigenvalue weighted by atomic mass is 16.4. The lowest BCUT2D eigenvalue weighted by Gasteiger charge is -2.21. The first-order chi connectivity index (χ1) is 9.99. The van der Waals surface area contributed by atoms with Gasteiger partial charge < -0.3 is 20.4 Å². The second kappa shape index (κ2) is 6.89. The third kappa shape index (κ3) is 3.93. The minimum Gasteiger partial charge on any atom is -0.480 e. The van der Waals surface area contributed by atoms with E-state index in [1.54, 1.807) is 0 Å². The zero-order valence-corrected chi connectivity index (χ0v) is 12.0. The minimum atomic E-state index is -1.10. The van der Waals surface area contributed by atoms with E-state index in [0.29, 0.717) is 0 Å². The van der Waals surface area contributed by atoms with E-state index in [0.717, 1.165) is 25.7 Å². The van der Waals surface area contributed by atoms with E-state index in [1.165, 1.54) is 4.90 Å². The molecule has 7 heteroatoms. The van der Waals surface area contributed by atoms with Crippen LogP contribution in [0, 0.1) is 5.92 Å². The van der Waals surface area contributed by atoms with E-state index in [2.05, 4.69) is 5.32 Å². The Morgan fingerprint density at radius 1 is 1.19 bits per heavy atom. The number of likely N-dealkylation sites (tertiary alicyclic amines) is 1. The van der Waals surface area contributed by atoms with Gasteiger partial charge >= 0.3 is 5.97 Å². The minimum absolute atomic E-state index is 0.0171. The van der Waals surface area contributed by atoms with Crippen LogP contribution in [-0.4, -0.2) is 58.1 Å². The predicted molar refractivity (Wildman–Crippen MR) is 73.3 cm³/mol. The Hall–Kier alpha value is -1.63. The Morgan fingerprint density at radius 2 is 1.86 bits per heavy atom. The number of hydrogen-bond acceptors (Lipinski definition) is 4. The fraction of sp³-hybridized carbons (Fsp3) is 0.786. The number of rotatable bonds is 5. The zero-order valence-electron chi connectivity index (χ0n) is 12.0. The molecule has 1 aliphatic carbocycles. The van der Waals surface area contributed by atoms with Crippen molar-refractivity contribution in [3.05, 3.63) is 0 Å². The van der Waals surface area contributed by atoms with Crippen LogP contribution in [0.3, 0.4) is 0 Å². The third-order valence-corrected chi connectivity index (χ3v) is 4.25. The monoisotopic (exact) mass is 298 g/mol. The summed E-state index contributed by atoms with van der Waals surface area (Å²) >= 11 is 0. The van der Waals surface area contributed by atoms with E-state index >= 15 is 0 Å². The molecule has 21 heavy (non-hydrogen) atoms. The second-order valence-corrected chi connectivity index (χ2v) is 5.81. The predicted octanol–water partition coefficient (Wildman–Crippen LogP) is -0.271. The van der Waals surface area contributed by atoms with Gasteiger partial charge in [-0.2, -0.15) is 0 Å². The molecule has 3 N–H and O–H groups in total. The van der Waals surface area contributed by atoms with E-state index < -0.39 is 18.1 Å². The number of nitrogens with zero attached hydrogens (tertiary/aromatic N) is 1. The van der Waals surface area contributed by atoms with Crippen LogP contribution in [0.2, 0.25) is 0 Å². The van der Waals surface area contributed by atoms with Crippen molar-refractivity contribution >= 4 is 17.8 Å². The summed E-state index contributed by atoms with van der Waals surface area (Å²) in [5.41, 5.74) is 0. The average molecular weight is 298 g/mol. The molecule has 0 bridgehead atoms. The van der Waals surface area contributed by atoms with Crippen molar-refractivity contribution in [1.82, 2.24) is 10.2 Å². The fourth-order valence-corrected chi connectivity index (χ4v) is 3.09. The zero-order chi connectivity index (χ0) is 15.4. The molecule has 1 saturated carbocycles. The third-order valence-electron chi connectivity index (χ3n) is 4.25. The van der Waals surface area contributed by atoms with Crippen LogP contribution >= 0.6 is 0 Å². The first kappa shape index (κ1) is 15.8. The van der Waals surface area contributed by atoms with E-state index in [4.69, 9.17) is 5.11 Å². The average Bonchev–Trinajstić information content (AvgIpc) is 3.07. The highest BCUT2D eigenvalue weighted by Crippen LogP contribution is 2.24. The molecule has 1 saturated heterocycles. The van der Waals surface area contributed by atoms with Crippen molar-refractivity contribution in [2.75, 3.05) is 13.1 Å². The Morgan fingerprint density at radius 3 is 2.48 bits per heavy atom. The molecule has 2 fully saturated rings. The van der Waals surface area contributed by atoms with Crippen LogP contribution in [0.4, 0.5) is 0 Å². The molecule has 1 heterocycles. The van der Waals surface area contributed by atoms with Gasteiger partial charge in [0.1, 0.15) is 6.04 Å². The molecule has 2 aliphatic rings. The molecule has 2 unspecified atom stereocenters. The summed E-state index contributed by atoms with van der Waals surface area (Å²) in [6.45, 7) is 0.263. The van der Waals surface area contributed by atoms with Crippen LogP contribution in [0.1, 0.15) is 38.5 Å². The summed E-state index contributed by atoms with van der Waals surface area (Å²) < 4.78 is 0. The summed E-state index contributed by atoms with van der Waals surface area (Å²) in [4.78, 5) is 36.0. The van der Waals surface area contributed by atoms with Crippen LogP contribution in [0.5, 0.6) is 0 Å². The highest BCUT2D eigenvalue weighted by molar-refractivity contribution is 5.85. The summed E-state index contributed by atoms with van der Waals surface area (Å²) in [5.74, 6) is -1.41. The number of β-amino-alcohol motifs (C(OH)–C–C–N with tert-alkyl or cyclic N) is 1. The summed E-state index contributed by atoms with van der Waals surface area (Å²) in [5, 5.41) is 21.3. The van der Waals surface area contributed by atoms with E-state index in [9.17, 15) is 19.5 Å². The van der Waals surface area contributed by atoms with Gasteiger partial charge in [0.05, 0.1) is 6.10 Å². The van der Waals surface area contributed by atoms with Gasteiger partial charge in [-0.05, 0) is 12.8 Å². The molecule has 0 radical (unpaired) electrons. The topological polar surface area (TPSA) is 107 Å². The SMILES string of the molecule is O=C(NCCC(=O)N1CC(O)CC1C(=O)O)C1CCCC1. The first-order valence-electron chi connectivity index (χ1n) is 7.47. The number of carbonyl (C=O) groups is 3. The van der Waals surface area contributed by atoms with Crippen molar-refractivity contribution in [3.63, 3.8) is 0 Å². The molecule has 0 aromatic carbocycles. The highest BCUT2D eigenvalue weighted by Gasteiger charge is 2.38. The standard InChI is InChI=1S/C14H22N2O5/c17-10-7-11(14(20)21)16(8-10)12(18)5-6-15-13(19)9-3-1-2-4-9/h9-11,17H,1-8H2,(H,15,19)(H,20,21). The van der Waals surface area contributed by atoms with Gasteiger partial charge in [0.2, 0.25) is 11.8 Å². The Bertz CT molecular complexity index is 420. The Labute approximate surface area is 123 Å². The van der Waals surface area contributed by atoms with Crippen LogP contribution in [0.25, 0.3) is 0 Å². The maximum Gasteiger partial charge on any atom is 0.326 e. The molecular weight excluding hydrogens is 276 g/mol. The first-order valence-corrected chi connectivity index (χ1v) is 7.47. The van der Waals surface area contributed by atoms with Gasteiger partial charge in [0, 0.05) is 31.8 Å². The van der Waals surface area contributed by atoms with Crippen molar-refractivity contribution in [1.29, 1.82) is 0 Å². The van der Waals surface area contributed by atoms with Crippen molar-refractivity contribution in [2.24, 2.45) is 5.92 Å². The summed E-state index contributed by atoms with van der Waals surface area (Å²) in [6.07, 6.45) is 3.29. The smallest absolute Gasteiger partial charge is 0.326 e. The van der Waals surface area contributed by atoms with Gasteiger partial charge in [-0.3, -0.25) is 9.59 Å². The molecule has 1 aliphatic heterocycles. The lowest BCUT2D eigenvalue weighted by molar-refractivity contribution is -0.148. The molecule has 2 atom stereocenters. The quantitative estimate of drug-likeness (QED) is 0.647. The lowest BCUT2D eigenvalue weighted by atomic mass is 10.1. The molecule has 0 spiro atoms. The fourth-order valence-electron chi connectivity index (χ4n) is 3.09. The summed E-state index contributed by atoms with van der Waals surface area (Å²) in [6, 6.07) is -0.960. The van der Waals surface area contributed by atoms with Crippen LogP contribution in [0.15, 0.2) is 0 Å². The molecule has 118 valence electrons. The number of aliphatic hydroxyl groups is 1. The number of nitrogens with one attached hydrogen (secondary N) is 1. The number of amides is 2. The van der Waals surface area contributed by atoms with Crippen LogP contribution in [-0.2, 0) is 14.4 Å². The van der Waals surface area contributed by atoms with Crippen molar-refractivity contribution < 1.29 is 24.6 Å². The van der Waals surface area contributed by atoms with Crippen molar-refractivity contribution in [2.45, 2.75) is 50.7 Å². The van der Waals surface area contributed by atoms with Crippen LogP contribution < -0.4 is 5.32 Å². The second-order valence-electron chi connectivity index (χ2n) is 5.81. The molecule has 2 rings (SSSR count). The Kier molecular flexibility index (Phi) is 5.17. The number of carbonyl (C=O) groups excluding carboxylic acids is 2. The normalized spacial score (nSPS) is 26.0. The molecule has 2 amide bonds. The molecule has 0 aromatic heterocycles. The van der Waals surface area contributed by atoms with Gasteiger partial charge in [-0.25, -0.2) is 4.79 Å². The molecule has 0 aromatic rings. The maximum atomic E-state index is 12.0. The maximum absolute atomic E-state index is 12.0. The number of aliphatic carboxylic acids is 1. The van der Waals surface area contributed by atoms with E-state index in [1.807, 2.05) is 0 Å². The van der Waals surface area contributed by atoms with Gasteiger partial charge in [0.25, 0.3) is 0 Å². The number of hydrogen-bond donors (Lipinski definition) is 3. The summed E-state index contributed by atoms with van der Waals surface area (Å²) in [7, 11) is 0. The van der Waals surface area contributed by atoms with Crippen molar-refractivity contribution in [3.8, 4) is 0 Å². The largest absolute Gasteiger partial charge is 0.480 e. The van der Waals surface area contributed by atoms with Gasteiger partial charge in [0.15, 0.2) is 0 Å². The number of carboxylic acid groups (broad SMARTS) is 1.